The summed E-state index contributed by atoms with van der Waals surface area (Å²) < 4.78 is 17.5. The minimum atomic E-state index is -0.371. The van der Waals surface area contributed by atoms with Crippen LogP contribution in [0.15, 0.2) is 22.8 Å². The van der Waals surface area contributed by atoms with E-state index in [2.05, 4.69) is 5.92 Å². The second-order valence-electron chi connectivity index (χ2n) is 3.50. The number of hydrogen-bond acceptors (Lipinski definition) is 2. The molecule has 0 spiro atoms. The predicted octanol–water partition coefficient (Wildman–Crippen LogP) is 2.12. The first-order valence-corrected chi connectivity index (χ1v) is 5.03. The van der Waals surface area contributed by atoms with Crippen molar-refractivity contribution in [2.75, 3.05) is 19.8 Å². The van der Waals surface area contributed by atoms with Gasteiger partial charge in [0.15, 0.2) is 0 Å². The van der Waals surface area contributed by atoms with Crippen LogP contribution < -0.4 is 0 Å². The first-order valence-electron chi connectivity index (χ1n) is 5.03. The number of furan rings is 1. The summed E-state index contributed by atoms with van der Waals surface area (Å²) in [5, 5.41) is 0. The van der Waals surface area contributed by atoms with Crippen LogP contribution in [0.4, 0.5) is 4.39 Å². The van der Waals surface area contributed by atoms with E-state index in [9.17, 15) is 4.39 Å². The Bertz CT molecular complexity index is 302. The van der Waals surface area contributed by atoms with Crippen LogP contribution in [-0.2, 0) is 6.42 Å². The Morgan fingerprint density at radius 3 is 3.00 bits per heavy atom. The molecule has 3 heteroatoms. The molecule has 0 aliphatic rings. The van der Waals surface area contributed by atoms with Crippen LogP contribution in [0.25, 0.3) is 0 Å². The predicted molar refractivity (Wildman–Crippen MR) is 58.3 cm³/mol. The van der Waals surface area contributed by atoms with E-state index >= 15 is 0 Å². The number of terminal acetylenes is 1. The molecule has 0 bridgehead atoms. The third-order valence-electron chi connectivity index (χ3n) is 2.37. The van der Waals surface area contributed by atoms with Crippen molar-refractivity contribution in [1.82, 2.24) is 4.90 Å². The molecule has 1 unspecified atom stereocenters. The summed E-state index contributed by atoms with van der Waals surface area (Å²) in [5.41, 5.74) is 0. The third kappa shape index (κ3) is 3.77. The van der Waals surface area contributed by atoms with Crippen LogP contribution in [-0.4, -0.2) is 30.7 Å². The number of nitrogens with zero attached hydrogens (tertiary/aromatic N) is 1. The molecule has 15 heavy (non-hydrogen) atoms. The first-order chi connectivity index (χ1) is 7.27. The Morgan fingerprint density at radius 2 is 2.47 bits per heavy atom. The van der Waals surface area contributed by atoms with Gasteiger partial charge in [-0.25, -0.2) is 4.39 Å². The lowest BCUT2D eigenvalue weighted by Crippen LogP contribution is -2.36. The summed E-state index contributed by atoms with van der Waals surface area (Å²) in [6.07, 6.45) is 7.63. The fraction of sp³-hybridized carbons (Fsp3) is 0.500. The number of alkyl halides is 1. The highest BCUT2D eigenvalue weighted by atomic mass is 19.1. The molecule has 1 atom stereocenters. The van der Waals surface area contributed by atoms with E-state index in [4.69, 9.17) is 10.8 Å². The van der Waals surface area contributed by atoms with Crippen molar-refractivity contribution < 1.29 is 8.81 Å². The highest BCUT2D eigenvalue weighted by molar-refractivity contribution is 5.01. The Hall–Kier alpha value is -1.27. The average molecular weight is 209 g/mol. The second-order valence-corrected chi connectivity index (χ2v) is 3.50. The maximum atomic E-state index is 12.3. The zero-order valence-electron chi connectivity index (χ0n) is 8.95. The maximum Gasteiger partial charge on any atom is 0.105 e. The van der Waals surface area contributed by atoms with Gasteiger partial charge in [-0.1, -0.05) is 5.92 Å². The highest BCUT2D eigenvalue weighted by Gasteiger charge is 2.14. The van der Waals surface area contributed by atoms with Gasteiger partial charge in [-0.05, 0) is 19.1 Å². The molecule has 1 aromatic rings. The number of rotatable bonds is 6. The molecule has 0 aliphatic carbocycles. The highest BCUT2D eigenvalue weighted by Crippen LogP contribution is 2.09. The quantitative estimate of drug-likeness (QED) is 0.667. The lowest BCUT2D eigenvalue weighted by atomic mass is 10.1. The Balaban J connectivity index is 2.49. The van der Waals surface area contributed by atoms with Crippen LogP contribution in [0.1, 0.15) is 12.7 Å². The summed E-state index contributed by atoms with van der Waals surface area (Å²) >= 11 is 0. The van der Waals surface area contributed by atoms with Crippen LogP contribution in [0.2, 0.25) is 0 Å². The molecule has 0 fully saturated rings. The molecular formula is C12H16FNO. The fourth-order valence-corrected chi connectivity index (χ4v) is 1.53. The van der Waals surface area contributed by atoms with E-state index in [0.29, 0.717) is 13.1 Å². The van der Waals surface area contributed by atoms with E-state index in [1.54, 1.807) is 6.26 Å². The van der Waals surface area contributed by atoms with Gasteiger partial charge in [0.25, 0.3) is 0 Å². The van der Waals surface area contributed by atoms with Crippen LogP contribution in [0, 0.1) is 12.3 Å². The Labute approximate surface area is 90.1 Å². The molecule has 0 N–H and O–H groups in total. The summed E-state index contributed by atoms with van der Waals surface area (Å²) in [5.74, 6) is 3.45. The molecule has 0 amide bonds. The van der Waals surface area contributed by atoms with Gasteiger partial charge in [-0.2, -0.15) is 0 Å². The molecule has 82 valence electrons. The molecular weight excluding hydrogens is 193 g/mol. The van der Waals surface area contributed by atoms with E-state index in [0.717, 1.165) is 12.2 Å². The van der Waals surface area contributed by atoms with Gasteiger partial charge in [-0.3, -0.25) is 4.90 Å². The molecule has 0 saturated carbocycles. The molecule has 0 aromatic carbocycles. The molecule has 0 saturated heterocycles. The average Bonchev–Trinajstić information content (AvgIpc) is 2.70. The fourth-order valence-electron chi connectivity index (χ4n) is 1.53. The van der Waals surface area contributed by atoms with Crippen LogP contribution in [0.5, 0.6) is 0 Å². The van der Waals surface area contributed by atoms with E-state index in [-0.39, 0.29) is 12.7 Å². The van der Waals surface area contributed by atoms with E-state index < -0.39 is 0 Å². The molecule has 0 radical (unpaired) electrons. The molecule has 1 aromatic heterocycles. The largest absolute Gasteiger partial charge is 0.469 e. The van der Waals surface area contributed by atoms with Crippen molar-refractivity contribution >= 4 is 0 Å². The van der Waals surface area contributed by atoms with Crippen LogP contribution in [0.3, 0.4) is 0 Å². The van der Waals surface area contributed by atoms with Crippen molar-refractivity contribution in [2.45, 2.75) is 19.4 Å². The minimum Gasteiger partial charge on any atom is -0.469 e. The smallest absolute Gasteiger partial charge is 0.105 e. The van der Waals surface area contributed by atoms with Gasteiger partial charge in [0.2, 0.25) is 0 Å². The van der Waals surface area contributed by atoms with Crippen molar-refractivity contribution in [2.24, 2.45) is 0 Å². The van der Waals surface area contributed by atoms with Gasteiger partial charge < -0.3 is 4.42 Å². The Kier molecular flexibility index (Phi) is 4.92. The van der Waals surface area contributed by atoms with Crippen molar-refractivity contribution in [3.63, 3.8) is 0 Å². The summed E-state index contributed by atoms with van der Waals surface area (Å²) in [7, 11) is 0. The number of hydrogen-bond donors (Lipinski definition) is 0. The van der Waals surface area contributed by atoms with Gasteiger partial charge >= 0.3 is 0 Å². The third-order valence-corrected chi connectivity index (χ3v) is 2.37. The summed E-state index contributed by atoms with van der Waals surface area (Å²) in [4.78, 5) is 1.93. The van der Waals surface area contributed by atoms with Crippen molar-refractivity contribution in [3.05, 3.63) is 24.2 Å². The maximum absolute atomic E-state index is 12.3. The standard InChI is InChI=1S/C12H16FNO/c1-3-7-14(8-6-13)11(2)10-12-5-4-9-15-12/h1,4-5,9,11H,6-8,10H2,2H3. The topological polar surface area (TPSA) is 16.4 Å². The van der Waals surface area contributed by atoms with Crippen molar-refractivity contribution in [1.29, 1.82) is 0 Å². The summed E-state index contributed by atoms with van der Waals surface area (Å²) in [6, 6.07) is 3.96. The van der Waals surface area contributed by atoms with Crippen molar-refractivity contribution in [3.8, 4) is 12.3 Å². The Morgan fingerprint density at radius 1 is 1.67 bits per heavy atom. The lowest BCUT2D eigenvalue weighted by molar-refractivity contribution is 0.207. The SMILES string of the molecule is C#CCN(CCF)C(C)Cc1ccco1. The van der Waals surface area contributed by atoms with Gasteiger partial charge in [0, 0.05) is 19.0 Å². The summed E-state index contributed by atoms with van der Waals surface area (Å²) in [6.45, 7) is 2.51. The van der Waals surface area contributed by atoms with Crippen LogP contribution >= 0.6 is 0 Å². The first kappa shape index (κ1) is 11.8. The molecule has 1 rings (SSSR count). The minimum absolute atomic E-state index is 0.197. The van der Waals surface area contributed by atoms with E-state index in [1.807, 2.05) is 24.0 Å². The molecule has 1 heterocycles. The van der Waals surface area contributed by atoms with Gasteiger partial charge in [-0.15, -0.1) is 6.42 Å². The zero-order valence-corrected chi connectivity index (χ0v) is 8.95. The normalized spacial score (nSPS) is 12.7. The number of halogens is 1. The zero-order chi connectivity index (χ0) is 11.1. The molecule has 0 aliphatic heterocycles. The molecule has 2 nitrogen and oxygen atoms in total. The van der Waals surface area contributed by atoms with E-state index in [1.165, 1.54) is 0 Å². The lowest BCUT2D eigenvalue weighted by Gasteiger charge is -2.25. The monoisotopic (exact) mass is 209 g/mol. The van der Waals surface area contributed by atoms with Gasteiger partial charge in [0.1, 0.15) is 12.4 Å². The second kappa shape index (κ2) is 6.26. The van der Waals surface area contributed by atoms with Gasteiger partial charge in [0.05, 0.1) is 12.8 Å².